The van der Waals surface area contributed by atoms with Crippen LogP contribution in [0.3, 0.4) is 0 Å². The molecule has 0 bridgehead atoms. The topological polar surface area (TPSA) is 53.9 Å². The van der Waals surface area contributed by atoms with E-state index in [4.69, 9.17) is 12.2 Å². The molecule has 0 unspecified atom stereocenters. The average Bonchev–Trinajstić information content (AvgIpc) is 3.02. The number of aromatic amines is 1. The predicted molar refractivity (Wildman–Crippen MR) is 113 cm³/mol. The number of H-pyrrole nitrogens is 1. The maximum atomic E-state index is 12.6. The highest BCUT2D eigenvalue weighted by Gasteiger charge is 2.13. The van der Waals surface area contributed by atoms with Gasteiger partial charge in [-0.05, 0) is 36.8 Å². The summed E-state index contributed by atoms with van der Waals surface area (Å²) < 4.78 is 3.43. The molecule has 0 aliphatic rings. The lowest BCUT2D eigenvalue weighted by molar-refractivity contribution is -0.130. The van der Waals surface area contributed by atoms with Gasteiger partial charge in [0.05, 0.1) is 0 Å². The second-order valence-corrected chi connectivity index (χ2v) is 7.80. The molecule has 3 rings (SSSR count). The molecule has 1 heterocycles. The number of nitrogens with zero attached hydrogens (tertiary/aromatic N) is 3. The fourth-order valence-electron chi connectivity index (χ4n) is 2.80. The third-order valence-electron chi connectivity index (χ3n) is 4.38. The molecule has 140 valence electrons. The van der Waals surface area contributed by atoms with Crippen LogP contribution in [-0.4, -0.2) is 32.6 Å². The maximum Gasteiger partial charge on any atom is 0.224 e. The van der Waals surface area contributed by atoms with Crippen molar-refractivity contribution in [2.75, 3.05) is 7.05 Å². The van der Waals surface area contributed by atoms with Crippen molar-refractivity contribution in [2.24, 2.45) is 0 Å². The van der Waals surface area contributed by atoms with Gasteiger partial charge in [-0.2, -0.15) is 5.10 Å². The first-order valence-electron chi connectivity index (χ1n) is 8.64. The van der Waals surface area contributed by atoms with Crippen molar-refractivity contribution < 1.29 is 4.79 Å². The zero-order valence-electron chi connectivity index (χ0n) is 15.3. The molecule has 7 heteroatoms. The molecule has 0 fully saturated rings. The van der Waals surface area contributed by atoms with Gasteiger partial charge in [0.15, 0.2) is 10.6 Å². The van der Waals surface area contributed by atoms with Gasteiger partial charge in [-0.1, -0.05) is 57.9 Å². The average molecular weight is 445 g/mol. The van der Waals surface area contributed by atoms with Crippen LogP contribution in [-0.2, 0) is 17.9 Å². The van der Waals surface area contributed by atoms with Crippen LogP contribution in [0.4, 0.5) is 0 Å². The molecule has 0 saturated carbocycles. The van der Waals surface area contributed by atoms with E-state index in [1.165, 1.54) is 5.56 Å². The van der Waals surface area contributed by atoms with E-state index < -0.39 is 0 Å². The van der Waals surface area contributed by atoms with Crippen molar-refractivity contribution in [3.63, 3.8) is 0 Å². The van der Waals surface area contributed by atoms with Crippen LogP contribution in [0.1, 0.15) is 17.5 Å². The number of hydrogen-bond acceptors (Lipinski definition) is 3. The highest BCUT2D eigenvalue weighted by molar-refractivity contribution is 9.10. The number of hydrogen-bond donors (Lipinski definition) is 1. The monoisotopic (exact) mass is 444 g/mol. The standard InChI is InChI=1S/C20H21BrN4OS/c1-14-3-7-16(8-4-14)19-22-23-20(27)25(19)12-11-18(26)24(2)13-15-5-9-17(21)10-6-15/h3-10H,11-13H2,1-2H3,(H,23,27). The van der Waals surface area contributed by atoms with Gasteiger partial charge in [0.25, 0.3) is 0 Å². The number of halogens is 1. The molecule has 1 amide bonds. The van der Waals surface area contributed by atoms with E-state index >= 15 is 0 Å². The van der Waals surface area contributed by atoms with E-state index in [1.807, 2.05) is 67.1 Å². The van der Waals surface area contributed by atoms with Crippen molar-refractivity contribution >= 4 is 34.1 Å². The van der Waals surface area contributed by atoms with Gasteiger partial charge in [-0.25, -0.2) is 0 Å². The normalized spacial score (nSPS) is 10.8. The van der Waals surface area contributed by atoms with Crippen LogP contribution >= 0.6 is 28.1 Å². The van der Waals surface area contributed by atoms with Crippen LogP contribution in [0.15, 0.2) is 53.0 Å². The zero-order chi connectivity index (χ0) is 19.4. The van der Waals surface area contributed by atoms with E-state index in [9.17, 15) is 4.79 Å². The Morgan fingerprint density at radius 2 is 1.85 bits per heavy atom. The molecule has 27 heavy (non-hydrogen) atoms. The molecule has 0 saturated heterocycles. The van der Waals surface area contributed by atoms with Crippen molar-refractivity contribution in [2.45, 2.75) is 26.4 Å². The summed E-state index contributed by atoms with van der Waals surface area (Å²) >= 11 is 8.77. The number of carbonyl (C=O) groups is 1. The fraction of sp³-hybridized carbons (Fsp3) is 0.250. The van der Waals surface area contributed by atoms with Crippen LogP contribution in [0, 0.1) is 11.7 Å². The lowest BCUT2D eigenvalue weighted by Gasteiger charge is -2.18. The SMILES string of the molecule is Cc1ccc(-c2n[nH]c(=S)n2CCC(=O)N(C)Cc2ccc(Br)cc2)cc1. The molecule has 1 N–H and O–H groups in total. The predicted octanol–water partition coefficient (Wildman–Crippen LogP) is 4.73. The van der Waals surface area contributed by atoms with E-state index in [-0.39, 0.29) is 5.91 Å². The number of rotatable bonds is 6. The third-order valence-corrected chi connectivity index (χ3v) is 5.22. The van der Waals surface area contributed by atoms with Gasteiger partial charge in [-0.3, -0.25) is 14.5 Å². The molecule has 2 aromatic carbocycles. The number of amides is 1. The molecular weight excluding hydrogens is 424 g/mol. The first-order chi connectivity index (χ1) is 12.9. The Balaban J connectivity index is 1.66. The summed E-state index contributed by atoms with van der Waals surface area (Å²) in [6.07, 6.45) is 0.361. The zero-order valence-corrected chi connectivity index (χ0v) is 17.7. The summed E-state index contributed by atoms with van der Waals surface area (Å²) in [4.78, 5) is 14.3. The summed E-state index contributed by atoms with van der Waals surface area (Å²) in [5.74, 6) is 0.819. The Kier molecular flexibility index (Phi) is 6.23. The molecule has 0 radical (unpaired) electrons. The van der Waals surface area contributed by atoms with Crippen LogP contribution in [0.25, 0.3) is 11.4 Å². The van der Waals surface area contributed by atoms with Crippen LogP contribution < -0.4 is 0 Å². The van der Waals surface area contributed by atoms with Gasteiger partial charge in [0.2, 0.25) is 5.91 Å². The minimum atomic E-state index is 0.0656. The lowest BCUT2D eigenvalue weighted by atomic mass is 10.1. The molecule has 3 aromatic rings. The van der Waals surface area contributed by atoms with Crippen molar-refractivity contribution in [3.8, 4) is 11.4 Å². The van der Waals surface area contributed by atoms with Crippen molar-refractivity contribution in [1.29, 1.82) is 0 Å². The Hall–Kier alpha value is -2.25. The van der Waals surface area contributed by atoms with Crippen molar-refractivity contribution in [3.05, 3.63) is 68.9 Å². The largest absolute Gasteiger partial charge is 0.341 e. The molecule has 0 aliphatic carbocycles. The minimum Gasteiger partial charge on any atom is -0.341 e. The molecule has 0 atom stereocenters. The van der Waals surface area contributed by atoms with Crippen molar-refractivity contribution in [1.82, 2.24) is 19.7 Å². The second-order valence-electron chi connectivity index (χ2n) is 6.50. The summed E-state index contributed by atoms with van der Waals surface area (Å²) in [7, 11) is 1.82. The number of aromatic nitrogens is 3. The number of aryl methyl sites for hydroxylation is 1. The minimum absolute atomic E-state index is 0.0656. The van der Waals surface area contributed by atoms with Gasteiger partial charge in [0, 0.05) is 36.6 Å². The summed E-state index contributed by atoms with van der Waals surface area (Å²) in [6.45, 7) is 3.11. The van der Waals surface area contributed by atoms with Gasteiger partial charge >= 0.3 is 0 Å². The van der Waals surface area contributed by atoms with Crippen LogP contribution in [0.2, 0.25) is 0 Å². The number of benzene rings is 2. The van der Waals surface area contributed by atoms with Crippen LogP contribution in [0.5, 0.6) is 0 Å². The Labute approximate surface area is 172 Å². The highest BCUT2D eigenvalue weighted by atomic mass is 79.9. The quantitative estimate of drug-likeness (QED) is 0.559. The first kappa shape index (κ1) is 19.5. The maximum absolute atomic E-state index is 12.6. The summed E-state index contributed by atoms with van der Waals surface area (Å²) in [5, 5.41) is 7.17. The van der Waals surface area contributed by atoms with Gasteiger partial charge in [0.1, 0.15) is 0 Å². The molecule has 0 aliphatic heterocycles. The Morgan fingerprint density at radius 3 is 2.52 bits per heavy atom. The molecule has 5 nitrogen and oxygen atoms in total. The summed E-state index contributed by atoms with van der Waals surface area (Å²) in [6, 6.07) is 16.1. The van der Waals surface area contributed by atoms with E-state index in [0.29, 0.717) is 24.3 Å². The first-order valence-corrected chi connectivity index (χ1v) is 9.85. The number of nitrogens with one attached hydrogen (secondary N) is 1. The van der Waals surface area contributed by atoms with Gasteiger partial charge in [-0.15, -0.1) is 0 Å². The second kappa shape index (κ2) is 8.63. The van der Waals surface area contributed by atoms with E-state index in [1.54, 1.807) is 4.90 Å². The Morgan fingerprint density at radius 1 is 1.19 bits per heavy atom. The fourth-order valence-corrected chi connectivity index (χ4v) is 3.29. The molecule has 0 spiro atoms. The third kappa shape index (κ3) is 4.93. The van der Waals surface area contributed by atoms with Gasteiger partial charge < -0.3 is 4.90 Å². The molecular formula is C20H21BrN4OS. The number of carbonyl (C=O) groups excluding carboxylic acids is 1. The van der Waals surface area contributed by atoms with E-state index in [0.717, 1.165) is 21.4 Å². The lowest BCUT2D eigenvalue weighted by Crippen LogP contribution is -2.27. The van der Waals surface area contributed by atoms with E-state index in [2.05, 4.69) is 26.1 Å². The Bertz CT molecular complexity index is 976. The summed E-state index contributed by atoms with van der Waals surface area (Å²) in [5.41, 5.74) is 3.25. The highest BCUT2D eigenvalue weighted by Crippen LogP contribution is 2.18. The smallest absolute Gasteiger partial charge is 0.224 e. The molecule has 1 aromatic heterocycles.